The lowest BCUT2D eigenvalue weighted by atomic mass is 9.80. The summed E-state index contributed by atoms with van der Waals surface area (Å²) in [5.41, 5.74) is 0.372. The Hall–Kier alpha value is -2.37. The van der Waals surface area contributed by atoms with Gasteiger partial charge in [0.05, 0.1) is 12.7 Å². The maximum Gasteiger partial charge on any atom is 0.166 e. The van der Waals surface area contributed by atoms with E-state index in [0.717, 1.165) is 24.2 Å². The Kier molecular flexibility index (Phi) is 5.61. The van der Waals surface area contributed by atoms with Crippen LogP contribution in [0.3, 0.4) is 0 Å². The minimum Gasteiger partial charge on any atom is -0.493 e. The van der Waals surface area contributed by atoms with Crippen molar-refractivity contribution < 1.29 is 19.0 Å². The zero-order valence-electron chi connectivity index (χ0n) is 16.8. The van der Waals surface area contributed by atoms with Crippen molar-refractivity contribution in [3.8, 4) is 11.5 Å². The molecule has 1 N–H and O–H groups in total. The fourth-order valence-corrected chi connectivity index (χ4v) is 4.98. The Morgan fingerprint density at radius 3 is 2.55 bits per heavy atom. The molecule has 0 radical (unpaired) electrons. The Balaban J connectivity index is 1.57. The molecule has 2 aromatic carbocycles. The van der Waals surface area contributed by atoms with E-state index in [1.807, 2.05) is 12.1 Å². The van der Waals surface area contributed by atoms with Crippen LogP contribution in [0.1, 0.15) is 36.8 Å². The van der Waals surface area contributed by atoms with Gasteiger partial charge in [0.15, 0.2) is 11.5 Å². The summed E-state index contributed by atoms with van der Waals surface area (Å²) in [5.74, 6) is 1.12. The summed E-state index contributed by atoms with van der Waals surface area (Å²) in [6.07, 6.45) is 4.81. The van der Waals surface area contributed by atoms with Gasteiger partial charge in [-0.3, -0.25) is 4.90 Å². The number of fused-ring (bicyclic) bond motifs is 2. The summed E-state index contributed by atoms with van der Waals surface area (Å²) in [6.45, 7) is 4.85. The molecule has 2 aliphatic rings. The third-order valence-electron chi connectivity index (χ3n) is 6.27. The van der Waals surface area contributed by atoms with E-state index in [9.17, 15) is 9.50 Å². The number of aliphatic hydroxyl groups is 1. The van der Waals surface area contributed by atoms with E-state index in [0.29, 0.717) is 37.3 Å². The maximum atomic E-state index is 14.4. The summed E-state index contributed by atoms with van der Waals surface area (Å²) in [7, 11) is 1.64. The second-order valence-corrected chi connectivity index (χ2v) is 8.03. The summed E-state index contributed by atoms with van der Waals surface area (Å²) in [5, 5.41) is 11.3. The molecule has 2 aliphatic heterocycles. The monoisotopic (exact) mass is 397 g/mol. The average molecular weight is 397 g/mol. The van der Waals surface area contributed by atoms with Crippen LogP contribution in [0.25, 0.3) is 0 Å². The second-order valence-electron chi connectivity index (χ2n) is 8.03. The molecule has 154 valence electrons. The van der Waals surface area contributed by atoms with Crippen LogP contribution in [0.5, 0.6) is 11.5 Å². The number of rotatable bonds is 7. The SMILES string of the molecule is C=CCOc1c(CN2C3CCC2CC(O)(c2ccccc2F)C3)cccc1OC. The fourth-order valence-electron chi connectivity index (χ4n) is 4.98. The number of hydrogen-bond acceptors (Lipinski definition) is 4. The number of para-hydroxylation sites is 1. The van der Waals surface area contributed by atoms with Crippen LogP contribution in [0, 0.1) is 5.82 Å². The summed E-state index contributed by atoms with van der Waals surface area (Å²) in [4.78, 5) is 2.44. The normalized spacial score (nSPS) is 26.3. The predicted octanol–water partition coefficient (Wildman–Crippen LogP) is 4.41. The second kappa shape index (κ2) is 8.17. The van der Waals surface area contributed by atoms with Gasteiger partial charge in [0.2, 0.25) is 0 Å². The summed E-state index contributed by atoms with van der Waals surface area (Å²) < 4.78 is 25.8. The first-order valence-electron chi connectivity index (χ1n) is 10.2. The number of methoxy groups -OCH3 is 1. The lowest BCUT2D eigenvalue weighted by Crippen LogP contribution is -2.49. The number of piperidine rings is 1. The first kappa shape index (κ1) is 19.9. The smallest absolute Gasteiger partial charge is 0.166 e. The molecule has 4 rings (SSSR count). The van der Waals surface area contributed by atoms with Crippen molar-refractivity contribution in [3.05, 3.63) is 72.1 Å². The topological polar surface area (TPSA) is 41.9 Å². The van der Waals surface area contributed by atoms with E-state index in [2.05, 4.69) is 17.5 Å². The zero-order chi connectivity index (χ0) is 20.4. The molecule has 2 saturated heterocycles. The van der Waals surface area contributed by atoms with Crippen LogP contribution in [-0.2, 0) is 12.1 Å². The van der Waals surface area contributed by atoms with Gasteiger partial charge in [-0.2, -0.15) is 0 Å². The van der Waals surface area contributed by atoms with Crippen molar-refractivity contribution >= 4 is 0 Å². The molecule has 2 heterocycles. The predicted molar refractivity (Wildman–Crippen MR) is 111 cm³/mol. The third-order valence-corrected chi connectivity index (χ3v) is 6.27. The van der Waals surface area contributed by atoms with Crippen LogP contribution in [0.4, 0.5) is 4.39 Å². The molecule has 4 nitrogen and oxygen atoms in total. The first-order chi connectivity index (χ1) is 14.1. The van der Waals surface area contributed by atoms with Crippen molar-refractivity contribution in [1.82, 2.24) is 4.90 Å². The standard InChI is InChI=1S/C24H28FNO3/c1-3-13-29-23-17(7-6-10-22(23)28-2)16-26-18-11-12-19(26)15-24(27,14-18)20-8-4-5-9-21(20)25/h3-10,18-19,27H,1,11-16H2,2H3. The highest BCUT2D eigenvalue weighted by molar-refractivity contribution is 5.47. The van der Waals surface area contributed by atoms with Crippen LogP contribution < -0.4 is 9.47 Å². The molecule has 2 unspecified atom stereocenters. The van der Waals surface area contributed by atoms with Crippen molar-refractivity contribution in [1.29, 1.82) is 0 Å². The highest BCUT2D eigenvalue weighted by atomic mass is 19.1. The fraction of sp³-hybridized carbons (Fsp3) is 0.417. The van der Waals surface area contributed by atoms with Crippen molar-refractivity contribution in [2.75, 3.05) is 13.7 Å². The van der Waals surface area contributed by atoms with E-state index in [1.54, 1.807) is 31.4 Å². The highest BCUT2D eigenvalue weighted by Gasteiger charge is 2.49. The number of benzene rings is 2. The molecule has 2 aromatic rings. The molecule has 2 atom stereocenters. The van der Waals surface area contributed by atoms with Gasteiger partial charge < -0.3 is 14.6 Å². The third kappa shape index (κ3) is 3.77. The molecule has 0 spiro atoms. The molecule has 2 bridgehead atoms. The lowest BCUT2D eigenvalue weighted by molar-refractivity contribution is -0.0617. The van der Waals surface area contributed by atoms with Crippen LogP contribution in [0.2, 0.25) is 0 Å². The highest BCUT2D eigenvalue weighted by Crippen LogP contribution is 2.47. The Morgan fingerprint density at radius 2 is 1.90 bits per heavy atom. The Labute approximate surface area is 171 Å². The van der Waals surface area contributed by atoms with E-state index < -0.39 is 5.60 Å². The number of hydrogen-bond donors (Lipinski definition) is 1. The van der Waals surface area contributed by atoms with E-state index in [4.69, 9.17) is 9.47 Å². The quantitative estimate of drug-likeness (QED) is 0.703. The van der Waals surface area contributed by atoms with Gasteiger partial charge in [0, 0.05) is 29.8 Å². The van der Waals surface area contributed by atoms with Gasteiger partial charge in [-0.05, 0) is 37.8 Å². The summed E-state index contributed by atoms with van der Waals surface area (Å²) in [6, 6.07) is 12.9. The molecule has 0 aromatic heterocycles. The number of ether oxygens (including phenoxy) is 2. The summed E-state index contributed by atoms with van der Waals surface area (Å²) >= 11 is 0. The molecule has 29 heavy (non-hydrogen) atoms. The van der Waals surface area contributed by atoms with E-state index in [1.165, 1.54) is 6.07 Å². The lowest BCUT2D eigenvalue weighted by Gasteiger charge is -2.44. The van der Waals surface area contributed by atoms with Crippen molar-refractivity contribution in [3.63, 3.8) is 0 Å². The molecule has 5 heteroatoms. The number of halogens is 1. The molecule has 2 fully saturated rings. The zero-order valence-corrected chi connectivity index (χ0v) is 16.8. The van der Waals surface area contributed by atoms with Crippen LogP contribution in [0.15, 0.2) is 55.1 Å². The Bertz CT molecular complexity index is 870. The van der Waals surface area contributed by atoms with Gasteiger partial charge >= 0.3 is 0 Å². The van der Waals surface area contributed by atoms with Crippen molar-refractivity contribution in [2.45, 2.75) is 49.9 Å². The average Bonchev–Trinajstić information content (AvgIpc) is 2.96. The minimum atomic E-state index is -1.11. The molecular formula is C24H28FNO3. The first-order valence-corrected chi connectivity index (χ1v) is 10.2. The molecule has 0 amide bonds. The molecular weight excluding hydrogens is 369 g/mol. The van der Waals surface area contributed by atoms with Crippen molar-refractivity contribution in [2.24, 2.45) is 0 Å². The maximum absolute atomic E-state index is 14.4. The van der Waals surface area contributed by atoms with Gasteiger partial charge in [0.25, 0.3) is 0 Å². The van der Waals surface area contributed by atoms with Crippen LogP contribution >= 0.6 is 0 Å². The van der Waals surface area contributed by atoms with Gasteiger partial charge in [-0.15, -0.1) is 0 Å². The number of nitrogens with zero attached hydrogens (tertiary/aromatic N) is 1. The molecule has 0 saturated carbocycles. The largest absolute Gasteiger partial charge is 0.493 e. The Morgan fingerprint density at radius 1 is 1.17 bits per heavy atom. The minimum absolute atomic E-state index is 0.205. The van der Waals surface area contributed by atoms with Gasteiger partial charge in [0.1, 0.15) is 12.4 Å². The van der Waals surface area contributed by atoms with Gasteiger partial charge in [-0.25, -0.2) is 4.39 Å². The van der Waals surface area contributed by atoms with Gasteiger partial charge in [-0.1, -0.05) is 43.0 Å². The van der Waals surface area contributed by atoms with E-state index >= 15 is 0 Å². The van der Waals surface area contributed by atoms with Crippen LogP contribution in [-0.4, -0.2) is 35.8 Å². The molecule has 0 aliphatic carbocycles. The van der Waals surface area contributed by atoms with E-state index in [-0.39, 0.29) is 17.9 Å².